The minimum atomic E-state index is 0.482. The van der Waals surface area contributed by atoms with Gasteiger partial charge in [-0.05, 0) is 38.7 Å². The summed E-state index contributed by atoms with van der Waals surface area (Å²) in [5.41, 5.74) is 5.43. The minimum absolute atomic E-state index is 0.482. The molecule has 0 aliphatic heterocycles. The minimum Gasteiger partial charge on any atom is -0.261 e. The van der Waals surface area contributed by atoms with E-state index in [0.717, 1.165) is 28.2 Å². The molecule has 0 saturated carbocycles. The molecule has 1 N–H and O–H groups in total. The lowest BCUT2D eigenvalue weighted by molar-refractivity contribution is 0.734. The van der Waals surface area contributed by atoms with E-state index in [9.17, 15) is 0 Å². The first-order valence-electron chi connectivity index (χ1n) is 6.55. The molecule has 0 aliphatic carbocycles. The lowest BCUT2D eigenvalue weighted by Gasteiger charge is -2.08. The van der Waals surface area contributed by atoms with Crippen LogP contribution in [0.25, 0.3) is 10.2 Å². The maximum atomic E-state index is 4.45. The second kappa shape index (κ2) is 5.65. The van der Waals surface area contributed by atoms with E-state index in [0.29, 0.717) is 5.92 Å². The van der Waals surface area contributed by atoms with Gasteiger partial charge in [0.15, 0.2) is 5.82 Å². The van der Waals surface area contributed by atoms with E-state index < -0.39 is 0 Å². The number of thiophene rings is 1. The van der Waals surface area contributed by atoms with E-state index in [1.165, 1.54) is 10.4 Å². The van der Waals surface area contributed by atoms with E-state index >= 15 is 0 Å². The first kappa shape index (κ1) is 13.9. The Bertz CT molecular complexity index is 615. The summed E-state index contributed by atoms with van der Waals surface area (Å²) in [6, 6.07) is 0. The quantitative estimate of drug-likeness (QED) is 0.674. The topological polar surface area (TPSA) is 50.2 Å². The molecule has 102 valence electrons. The highest BCUT2D eigenvalue weighted by atomic mass is 32.1. The van der Waals surface area contributed by atoms with Gasteiger partial charge in [0.1, 0.15) is 11.2 Å². The van der Waals surface area contributed by atoms with Crippen LogP contribution in [-0.4, -0.2) is 15.7 Å². The first-order chi connectivity index (χ1) is 9.04. The van der Waals surface area contributed by atoms with Crippen molar-refractivity contribution in [2.45, 2.75) is 41.0 Å². The monoisotopic (exact) mass is 276 g/mol. The van der Waals surface area contributed by atoms with Crippen LogP contribution in [0.1, 0.15) is 37.6 Å². The number of hydrazone groups is 1. The zero-order chi connectivity index (χ0) is 14.0. The maximum absolute atomic E-state index is 4.45. The number of anilines is 1. The van der Waals surface area contributed by atoms with Gasteiger partial charge in [-0.25, -0.2) is 9.97 Å². The lowest BCUT2D eigenvalue weighted by atomic mass is 10.1. The molecule has 2 aromatic rings. The Morgan fingerprint density at radius 1 is 1.42 bits per heavy atom. The SMILES string of the molecule is CC[C@H](C)/C(C)=N\Nc1ncnc2sc(C)c(C)c12. The third kappa shape index (κ3) is 2.76. The summed E-state index contributed by atoms with van der Waals surface area (Å²) in [6.07, 6.45) is 2.68. The largest absolute Gasteiger partial charge is 0.261 e. The molecule has 19 heavy (non-hydrogen) atoms. The van der Waals surface area contributed by atoms with Crippen molar-refractivity contribution in [3.8, 4) is 0 Å². The summed E-state index contributed by atoms with van der Waals surface area (Å²) in [5.74, 6) is 1.28. The Morgan fingerprint density at radius 2 is 2.16 bits per heavy atom. The molecule has 0 spiro atoms. The summed E-state index contributed by atoms with van der Waals surface area (Å²) in [5, 5.41) is 5.54. The highest BCUT2D eigenvalue weighted by Crippen LogP contribution is 2.32. The van der Waals surface area contributed by atoms with Gasteiger partial charge in [-0.3, -0.25) is 5.43 Å². The van der Waals surface area contributed by atoms with Crippen LogP contribution in [0.3, 0.4) is 0 Å². The fourth-order valence-electron chi connectivity index (χ4n) is 1.81. The van der Waals surface area contributed by atoms with Gasteiger partial charge in [-0.1, -0.05) is 13.8 Å². The van der Waals surface area contributed by atoms with Gasteiger partial charge in [0, 0.05) is 10.6 Å². The van der Waals surface area contributed by atoms with Crippen LogP contribution < -0.4 is 5.43 Å². The van der Waals surface area contributed by atoms with E-state index in [2.05, 4.69) is 48.2 Å². The van der Waals surface area contributed by atoms with Crippen molar-refractivity contribution in [3.63, 3.8) is 0 Å². The van der Waals surface area contributed by atoms with Crippen molar-refractivity contribution >= 4 is 33.1 Å². The normalized spacial score (nSPS) is 13.8. The Balaban J connectivity index is 2.36. The van der Waals surface area contributed by atoms with Gasteiger partial charge >= 0.3 is 0 Å². The lowest BCUT2D eigenvalue weighted by Crippen LogP contribution is -2.08. The average Bonchev–Trinajstić information content (AvgIpc) is 2.71. The molecule has 0 fully saturated rings. The van der Waals surface area contributed by atoms with E-state index in [1.54, 1.807) is 17.7 Å². The highest BCUT2D eigenvalue weighted by Gasteiger charge is 2.11. The third-order valence-electron chi connectivity index (χ3n) is 3.63. The maximum Gasteiger partial charge on any atom is 0.158 e. The Morgan fingerprint density at radius 3 is 2.84 bits per heavy atom. The van der Waals surface area contributed by atoms with Crippen molar-refractivity contribution in [3.05, 3.63) is 16.8 Å². The summed E-state index contributed by atoms with van der Waals surface area (Å²) >= 11 is 1.70. The van der Waals surface area contributed by atoms with Crippen molar-refractivity contribution in [2.75, 3.05) is 5.43 Å². The number of rotatable bonds is 4. The number of nitrogens with zero attached hydrogens (tertiary/aromatic N) is 3. The number of fused-ring (bicyclic) bond motifs is 1. The number of aryl methyl sites for hydroxylation is 2. The molecule has 0 unspecified atom stereocenters. The van der Waals surface area contributed by atoms with Gasteiger partial charge in [-0.2, -0.15) is 5.10 Å². The fraction of sp³-hybridized carbons (Fsp3) is 0.500. The number of hydrogen-bond acceptors (Lipinski definition) is 5. The van der Waals surface area contributed by atoms with Gasteiger partial charge < -0.3 is 0 Å². The van der Waals surface area contributed by atoms with Crippen LogP contribution in [0.15, 0.2) is 11.4 Å². The fourth-order valence-corrected chi connectivity index (χ4v) is 2.81. The van der Waals surface area contributed by atoms with Crippen LogP contribution in [0.2, 0.25) is 0 Å². The van der Waals surface area contributed by atoms with Crippen LogP contribution in [0, 0.1) is 19.8 Å². The summed E-state index contributed by atoms with van der Waals surface area (Å²) < 4.78 is 0. The molecule has 2 aromatic heterocycles. The molecule has 0 amide bonds. The standard InChI is InChI=1S/C14H20N4S/c1-6-8(2)10(4)17-18-13-12-9(3)11(5)19-14(12)16-7-15-13/h7-8H,6H2,1-5H3,(H,15,16,18)/b17-10-/t8-/m0/s1. The summed E-state index contributed by atoms with van der Waals surface area (Å²) in [7, 11) is 0. The molecule has 0 aromatic carbocycles. The molecular weight excluding hydrogens is 256 g/mol. The second-order valence-electron chi connectivity index (χ2n) is 4.86. The van der Waals surface area contributed by atoms with Crippen molar-refractivity contribution in [2.24, 2.45) is 11.0 Å². The molecule has 4 nitrogen and oxygen atoms in total. The highest BCUT2D eigenvalue weighted by molar-refractivity contribution is 7.18. The van der Waals surface area contributed by atoms with Gasteiger partial charge in [-0.15, -0.1) is 11.3 Å². The molecule has 1 atom stereocenters. The molecule has 0 saturated heterocycles. The van der Waals surface area contributed by atoms with Crippen LogP contribution in [0.5, 0.6) is 0 Å². The first-order valence-corrected chi connectivity index (χ1v) is 7.37. The smallest absolute Gasteiger partial charge is 0.158 e. The third-order valence-corrected chi connectivity index (χ3v) is 4.74. The number of nitrogens with one attached hydrogen (secondary N) is 1. The van der Waals surface area contributed by atoms with E-state index in [4.69, 9.17) is 0 Å². The zero-order valence-electron chi connectivity index (χ0n) is 12.1. The number of aromatic nitrogens is 2. The van der Waals surface area contributed by atoms with Gasteiger partial charge in [0.05, 0.1) is 5.39 Å². The summed E-state index contributed by atoms with van der Waals surface area (Å²) in [6.45, 7) is 10.6. The molecule has 2 rings (SSSR count). The Kier molecular flexibility index (Phi) is 4.14. The second-order valence-corrected chi connectivity index (χ2v) is 6.06. The molecule has 0 aliphatic rings. The van der Waals surface area contributed by atoms with Crippen molar-refractivity contribution in [1.82, 2.24) is 9.97 Å². The van der Waals surface area contributed by atoms with Gasteiger partial charge in [0.2, 0.25) is 0 Å². The molecular formula is C14H20N4S. The van der Waals surface area contributed by atoms with E-state index in [1.807, 2.05) is 6.92 Å². The van der Waals surface area contributed by atoms with Crippen LogP contribution in [0.4, 0.5) is 5.82 Å². The Labute approximate surface area is 118 Å². The zero-order valence-corrected chi connectivity index (χ0v) is 12.9. The van der Waals surface area contributed by atoms with Crippen molar-refractivity contribution < 1.29 is 0 Å². The van der Waals surface area contributed by atoms with Gasteiger partial charge in [0.25, 0.3) is 0 Å². The van der Waals surface area contributed by atoms with Crippen molar-refractivity contribution in [1.29, 1.82) is 0 Å². The predicted molar refractivity (Wildman–Crippen MR) is 83.1 cm³/mol. The molecule has 0 radical (unpaired) electrons. The molecule has 5 heteroatoms. The van der Waals surface area contributed by atoms with E-state index in [-0.39, 0.29) is 0 Å². The van der Waals surface area contributed by atoms with Crippen LogP contribution >= 0.6 is 11.3 Å². The summed E-state index contributed by atoms with van der Waals surface area (Å²) in [4.78, 5) is 10.9. The molecule has 0 bridgehead atoms. The number of hydrogen-bond donors (Lipinski definition) is 1. The van der Waals surface area contributed by atoms with Crippen LogP contribution in [-0.2, 0) is 0 Å². The molecule has 2 heterocycles. The Hall–Kier alpha value is -1.49. The predicted octanol–water partition coefficient (Wildman–Crippen LogP) is 4.14. The average molecular weight is 276 g/mol.